The van der Waals surface area contributed by atoms with Crippen molar-refractivity contribution >= 4 is 54.3 Å². The summed E-state index contributed by atoms with van der Waals surface area (Å²) in [6, 6.07) is 53.7. The molecule has 0 saturated heterocycles. The second-order valence-corrected chi connectivity index (χ2v) is 12.0. The Kier molecular flexibility index (Phi) is 5.78. The van der Waals surface area contributed by atoms with Crippen LogP contribution >= 0.6 is 0 Å². The number of aryl methyl sites for hydroxylation is 1. The van der Waals surface area contributed by atoms with E-state index >= 15 is 0 Å². The van der Waals surface area contributed by atoms with Crippen molar-refractivity contribution in [2.24, 2.45) is 0 Å². The third-order valence-corrected chi connectivity index (χ3v) is 9.23. The number of aromatic nitrogens is 2. The molecule has 0 amide bonds. The summed E-state index contributed by atoms with van der Waals surface area (Å²) in [7, 11) is 0. The van der Waals surface area contributed by atoms with Gasteiger partial charge in [0.2, 0.25) is 0 Å². The Balaban J connectivity index is 1.38. The van der Waals surface area contributed by atoms with Gasteiger partial charge in [-0.25, -0.2) is 4.98 Å². The highest BCUT2D eigenvalue weighted by atomic mass is 15.0. The number of hydrogen-bond acceptors (Lipinski definition) is 2. The van der Waals surface area contributed by atoms with Crippen LogP contribution in [0.15, 0.2) is 146 Å². The third kappa shape index (κ3) is 3.94. The second kappa shape index (κ2) is 10.2. The molecule has 0 atom stereocenters. The van der Waals surface area contributed by atoms with E-state index in [1.165, 1.54) is 32.7 Å². The molecule has 0 aliphatic heterocycles. The molecule has 0 bridgehead atoms. The van der Waals surface area contributed by atoms with Gasteiger partial charge in [0.1, 0.15) is 0 Å². The average molecular weight is 586 g/mol. The summed E-state index contributed by atoms with van der Waals surface area (Å²) in [5.74, 6) is 0. The Morgan fingerprint density at radius 3 is 2.07 bits per heavy atom. The van der Waals surface area contributed by atoms with Crippen molar-refractivity contribution in [2.75, 3.05) is 0 Å². The topological polar surface area (TPSA) is 41.6 Å². The van der Waals surface area contributed by atoms with Crippen LogP contribution in [-0.2, 0) is 0 Å². The number of nitrogens with zero attached hydrogens (tertiary/aromatic N) is 3. The van der Waals surface area contributed by atoms with E-state index in [1.807, 2.05) is 24.3 Å². The molecule has 46 heavy (non-hydrogen) atoms. The number of hydrogen-bond donors (Lipinski definition) is 0. The fraction of sp³-hybridized carbons (Fsp3) is 0.0233. The smallest absolute Gasteiger partial charge is 0.0991 e. The third-order valence-electron chi connectivity index (χ3n) is 9.23. The summed E-state index contributed by atoms with van der Waals surface area (Å²) < 4.78 is 2.30. The highest BCUT2D eigenvalue weighted by Crippen LogP contribution is 2.45. The van der Waals surface area contributed by atoms with E-state index in [-0.39, 0.29) is 0 Å². The van der Waals surface area contributed by atoms with E-state index in [9.17, 15) is 5.26 Å². The highest BCUT2D eigenvalue weighted by molar-refractivity contribution is 6.22. The predicted octanol–water partition coefficient (Wildman–Crippen LogP) is 11.2. The fourth-order valence-corrected chi connectivity index (χ4v) is 7.19. The van der Waals surface area contributed by atoms with Crippen LogP contribution in [0.4, 0.5) is 0 Å². The van der Waals surface area contributed by atoms with E-state index in [0.717, 1.165) is 55.2 Å². The molecule has 0 spiro atoms. The first-order valence-electron chi connectivity index (χ1n) is 15.5. The lowest BCUT2D eigenvalue weighted by molar-refractivity contribution is 1.18. The maximum Gasteiger partial charge on any atom is 0.0991 e. The minimum atomic E-state index is 0.656. The van der Waals surface area contributed by atoms with Gasteiger partial charge in [-0.15, -0.1) is 0 Å². The standard InChI is InChI=1S/C43H27N3/c1-27-15-19-34-37(23-27)42(32-12-6-7-13-33(32)43(34)39-20-17-29-9-5-8-14-38(29)45-39)30-18-22-41-36(25-30)35-24-28(26-44)16-21-40(35)46(41)31-10-3-2-4-11-31/h2-25H,1H3. The molecule has 0 N–H and O–H groups in total. The fourth-order valence-electron chi connectivity index (χ4n) is 7.19. The van der Waals surface area contributed by atoms with Crippen LogP contribution in [0.5, 0.6) is 0 Å². The van der Waals surface area contributed by atoms with Crippen LogP contribution in [-0.4, -0.2) is 9.55 Å². The van der Waals surface area contributed by atoms with Gasteiger partial charge < -0.3 is 4.57 Å². The summed E-state index contributed by atoms with van der Waals surface area (Å²) in [4.78, 5) is 5.16. The van der Waals surface area contributed by atoms with Crippen LogP contribution in [0.3, 0.4) is 0 Å². The number of pyridine rings is 1. The highest BCUT2D eigenvalue weighted by Gasteiger charge is 2.20. The summed E-state index contributed by atoms with van der Waals surface area (Å²) in [6.45, 7) is 2.16. The molecule has 0 saturated carbocycles. The van der Waals surface area contributed by atoms with Crippen molar-refractivity contribution in [3.8, 4) is 34.1 Å². The van der Waals surface area contributed by atoms with E-state index in [4.69, 9.17) is 4.98 Å². The van der Waals surface area contributed by atoms with Gasteiger partial charge >= 0.3 is 0 Å². The largest absolute Gasteiger partial charge is 0.309 e. The van der Waals surface area contributed by atoms with Gasteiger partial charge in [-0.2, -0.15) is 5.26 Å². The van der Waals surface area contributed by atoms with E-state index in [1.54, 1.807) is 0 Å². The Morgan fingerprint density at radius 2 is 1.24 bits per heavy atom. The van der Waals surface area contributed by atoms with Gasteiger partial charge in [-0.3, -0.25) is 0 Å². The molecule has 0 aliphatic carbocycles. The van der Waals surface area contributed by atoms with Crippen molar-refractivity contribution < 1.29 is 0 Å². The molecule has 9 aromatic rings. The normalized spacial score (nSPS) is 11.6. The van der Waals surface area contributed by atoms with E-state index < -0.39 is 0 Å². The summed E-state index contributed by atoms with van der Waals surface area (Å²) in [6.07, 6.45) is 0. The first kappa shape index (κ1) is 26.2. The lowest BCUT2D eigenvalue weighted by Gasteiger charge is -2.18. The quantitative estimate of drug-likeness (QED) is 0.194. The zero-order chi connectivity index (χ0) is 30.8. The SMILES string of the molecule is Cc1ccc2c(-c3ccc4ccccc4n3)c3ccccc3c(-c3ccc4c(c3)c3cc(C#N)ccc3n4-c3ccccc3)c2c1. The first-order valence-corrected chi connectivity index (χ1v) is 15.5. The van der Waals surface area contributed by atoms with Gasteiger partial charge in [0.25, 0.3) is 0 Å². The molecular weight excluding hydrogens is 558 g/mol. The first-order chi connectivity index (χ1) is 22.7. The molecular formula is C43H27N3. The maximum absolute atomic E-state index is 9.80. The Morgan fingerprint density at radius 1 is 0.543 bits per heavy atom. The van der Waals surface area contributed by atoms with Crippen molar-refractivity contribution in [2.45, 2.75) is 6.92 Å². The predicted molar refractivity (Wildman–Crippen MR) is 191 cm³/mol. The molecule has 9 rings (SSSR count). The molecule has 0 unspecified atom stereocenters. The molecule has 7 aromatic carbocycles. The van der Waals surface area contributed by atoms with Gasteiger partial charge in [0.05, 0.1) is 33.9 Å². The number of nitriles is 1. The van der Waals surface area contributed by atoms with Crippen LogP contribution in [0.25, 0.3) is 82.3 Å². The molecule has 3 nitrogen and oxygen atoms in total. The van der Waals surface area contributed by atoms with E-state index in [2.05, 4.69) is 139 Å². The summed E-state index contributed by atoms with van der Waals surface area (Å²) in [5, 5.41) is 17.9. The Hall–Kier alpha value is -6.24. The van der Waals surface area contributed by atoms with Crippen molar-refractivity contribution in [3.05, 3.63) is 157 Å². The van der Waals surface area contributed by atoms with Crippen LogP contribution < -0.4 is 0 Å². The number of fused-ring (bicyclic) bond motifs is 6. The molecule has 2 heterocycles. The zero-order valence-electron chi connectivity index (χ0n) is 25.2. The van der Waals surface area contributed by atoms with Gasteiger partial charge in [-0.05, 0) is 94.2 Å². The monoisotopic (exact) mass is 585 g/mol. The summed E-state index contributed by atoms with van der Waals surface area (Å²) in [5.41, 5.74) is 10.6. The van der Waals surface area contributed by atoms with Gasteiger partial charge in [0, 0.05) is 27.4 Å². The van der Waals surface area contributed by atoms with Crippen LogP contribution in [0.2, 0.25) is 0 Å². The Labute approximate surface area is 266 Å². The molecule has 0 fully saturated rings. The molecule has 214 valence electrons. The molecule has 2 aromatic heterocycles. The minimum Gasteiger partial charge on any atom is -0.309 e. The van der Waals surface area contributed by atoms with Gasteiger partial charge in [-0.1, -0.05) is 96.6 Å². The van der Waals surface area contributed by atoms with Crippen molar-refractivity contribution in [1.29, 1.82) is 5.26 Å². The second-order valence-electron chi connectivity index (χ2n) is 12.0. The van der Waals surface area contributed by atoms with Crippen LogP contribution in [0, 0.1) is 18.3 Å². The molecule has 0 aliphatic rings. The molecule has 0 radical (unpaired) electrons. The van der Waals surface area contributed by atoms with Gasteiger partial charge in [0.15, 0.2) is 0 Å². The molecule has 3 heteroatoms. The van der Waals surface area contributed by atoms with Crippen LogP contribution in [0.1, 0.15) is 11.1 Å². The summed E-state index contributed by atoms with van der Waals surface area (Å²) >= 11 is 0. The Bertz CT molecular complexity index is 2710. The minimum absolute atomic E-state index is 0.656. The maximum atomic E-state index is 9.80. The van der Waals surface area contributed by atoms with E-state index in [0.29, 0.717) is 5.56 Å². The number of benzene rings is 7. The number of rotatable bonds is 3. The lowest BCUT2D eigenvalue weighted by Crippen LogP contribution is -1.94. The number of para-hydroxylation sites is 2. The lowest BCUT2D eigenvalue weighted by atomic mass is 9.86. The zero-order valence-corrected chi connectivity index (χ0v) is 25.2. The van der Waals surface area contributed by atoms with Crippen molar-refractivity contribution in [1.82, 2.24) is 9.55 Å². The van der Waals surface area contributed by atoms with Crippen molar-refractivity contribution in [3.63, 3.8) is 0 Å². The average Bonchev–Trinajstić information content (AvgIpc) is 3.43.